The lowest BCUT2D eigenvalue weighted by atomic mass is 9.99. The quantitative estimate of drug-likeness (QED) is 0.455. The lowest BCUT2D eigenvalue weighted by Gasteiger charge is -2.15. The van der Waals surface area contributed by atoms with E-state index >= 15 is 0 Å². The SMILES string of the molecule is C=CCC(F)(F)c1cccc(-c2cnc3c(c2)n(Cc2cnn(C)c2)c(=O)n3C)c1. The van der Waals surface area contributed by atoms with E-state index in [1.807, 2.05) is 19.3 Å². The monoisotopic (exact) mass is 409 g/mol. The van der Waals surface area contributed by atoms with Gasteiger partial charge in [0.1, 0.15) is 0 Å². The van der Waals surface area contributed by atoms with Crippen LogP contribution in [0.15, 0.2) is 66.4 Å². The number of alkyl halides is 2. The van der Waals surface area contributed by atoms with Crippen LogP contribution in [0.2, 0.25) is 0 Å². The molecule has 0 spiro atoms. The third kappa shape index (κ3) is 3.45. The van der Waals surface area contributed by atoms with Crippen LogP contribution >= 0.6 is 0 Å². The van der Waals surface area contributed by atoms with Gasteiger partial charge < -0.3 is 0 Å². The molecule has 30 heavy (non-hydrogen) atoms. The summed E-state index contributed by atoms with van der Waals surface area (Å²) in [6.45, 7) is 3.75. The summed E-state index contributed by atoms with van der Waals surface area (Å²) < 4.78 is 33.4. The molecule has 0 bridgehead atoms. The first kappa shape index (κ1) is 19.8. The van der Waals surface area contributed by atoms with E-state index in [9.17, 15) is 13.6 Å². The van der Waals surface area contributed by atoms with Crippen LogP contribution in [-0.4, -0.2) is 23.9 Å². The molecule has 0 fully saturated rings. The standard InChI is InChI=1S/C22H21F2N5O/c1-4-8-22(23,24)18-7-5-6-16(9-18)17-10-19-20(25-12-17)28(3)21(30)29(19)14-15-11-26-27(2)13-15/h4-7,9-13H,1,8,14H2,2-3H3. The molecule has 8 heteroatoms. The van der Waals surface area contributed by atoms with Gasteiger partial charge in [0.25, 0.3) is 5.92 Å². The predicted molar refractivity (Wildman–Crippen MR) is 111 cm³/mol. The highest BCUT2D eigenvalue weighted by atomic mass is 19.3. The molecule has 0 aliphatic heterocycles. The number of benzene rings is 1. The van der Waals surface area contributed by atoms with Gasteiger partial charge >= 0.3 is 5.69 Å². The highest BCUT2D eigenvalue weighted by Gasteiger charge is 2.29. The molecular formula is C22H21F2N5O. The largest absolute Gasteiger partial charge is 0.330 e. The number of imidazole rings is 1. The first-order valence-electron chi connectivity index (χ1n) is 9.42. The normalized spacial score (nSPS) is 11.9. The maximum absolute atomic E-state index is 14.3. The van der Waals surface area contributed by atoms with Crippen molar-refractivity contribution in [1.29, 1.82) is 0 Å². The number of hydrogen-bond donors (Lipinski definition) is 0. The number of hydrogen-bond acceptors (Lipinski definition) is 3. The van der Waals surface area contributed by atoms with E-state index in [4.69, 9.17) is 0 Å². The lowest BCUT2D eigenvalue weighted by molar-refractivity contribution is -0.000807. The van der Waals surface area contributed by atoms with Crippen LogP contribution in [0.4, 0.5) is 8.78 Å². The Morgan fingerprint density at radius 3 is 2.67 bits per heavy atom. The van der Waals surface area contributed by atoms with Crippen LogP contribution in [0.25, 0.3) is 22.3 Å². The van der Waals surface area contributed by atoms with Crippen molar-refractivity contribution in [3.05, 3.63) is 83.2 Å². The van der Waals surface area contributed by atoms with E-state index in [0.29, 0.717) is 28.8 Å². The summed E-state index contributed by atoms with van der Waals surface area (Å²) in [5, 5.41) is 4.14. The van der Waals surface area contributed by atoms with E-state index in [1.165, 1.54) is 22.8 Å². The topological polar surface area (TPSA) is 57.6 Å². The van der Waals surface area contributed by atoms with Crippen molar-refractivity contribution < 1.29 is 8.78 Å². The Hall–Kier alpha value is -3.55. The van der Waals surface area contributed by atoms with E-state index in [1.54, 1.807) is 40.8 Å². The van der Waals surface area contributed by atoms with Gasteiger partial charge in [0.2, 0.25) is 0 Å². The van der Waals surface area contributed by atoms with Crippen LogP contribution in [0.5, 0.6) is 0 Å². The second-order valence-electron chi connectivity index (χ2n) is 7.29. The number of fused-ring (bicyclic) bond motifs is 1. The molecule has 1 aromatic carbocycles. The lowest BCUT2D eigenvalue weighted by Crippen LogP contribution is -2.22. The predicted octanol–water partition coefficient (Wildman–Crippen LogP) is 3.85. The fraction of sp³-hybridized carbons (Fsp3) is 0.227. The molecule has 0 saturated carbocycles. The molecule has 6 nitrogen and oxygen atoms in total. The Balaban J connectivity index is 1.81. The van der Waals surface area contributed by atoms with Gasteiger partial charge in [-0.1, -0.05) is 24.3 Å². The van der Waals surface area contributed by atoms with Crippen LogP contribution in [0.3, 0.4) is 0 Å². The van der Waals surface area contributed by atoms with Gasteiger partial charge in [0.15, 0.2) is 5.65 Å². The molecule has 0 aliphatic rings. The smallest absolute Gasteiger partial charge is 0.286 e. The molecule has 0 aliphatic carbocycles. The molecule has 0 atom stereocenters. The molecule has 0 saturated heterocycles. The average molecular weight is 409 g/mol. The maximum atomic E-state index is 14.3. The third-order valence-corrected chi connectivity index (χ3v) is 5.09. The summed E-state index contributed by atoms with van der Waals surface area (Å²) in [7, 11) is 3.47. The van der Waals surface area contributed by atoms with Gasteiger partial charge in [-0.05, 0) is 17.7 Å². The van der Waals surface area contributed by atoms with Gasteiger partial charge in [-0.3, -0.25) is 13.8 Å². The minimum Gasteiger partial charge on any atom is -0.286 e. The number of aromatic nitrogens is 5. The number of halogens is 2. The van der Waals surface area contributed by atoms with Crippen LogP contribution in [0, 0.1) is 0 Å². The van der Waals surface area contributed by atoms with Crippen molar-refractivity contribution in [3.8, 4) is 11.1 Å². The van der Waals surface area contributed by atoms with Gasteiger partial charge in [-0.2, -0.15) is 5.10 Å². The molecule has 0 unspecified atom stereocenters. The number of aryl methyl sites for hydroxylation is 2. The number of rotatable bonds is 6. The zero-order chi connectivity index (χ0) is 21.5. The van der Waals surface area contributed by atoms with E-state index < -0.39 is 12.3 Å². The number of pyridine rings is 1. The molecule has 0 amide bonds. The molecule has 154 valence electrons. The van der Waals surface area contributed by atoms with Crippen molar-refractivity contribution in [2.24, 2.45) is 14.1 Å². The minimum absolute atomic E-state index is 0.0826. The summed E-state index contributed by atoms with van der Waals surface area (Å²) in [6, 6.07) is 8.02. The Morgan fingerprint density at radius 1 is 1.17 bits per heavy atom. The fourth-order valence-corrected chi connectivity index (χ4v) is 3.55. The zero-order valence-electron chi connectivity index (χ0n) is 16.7. The number of nitrogens with zero attached hydrogens (tertiary/aromatic N) is 5. The molecule has 3 aromatic heterocycles. The molecular weight excluding hydrogens is 388 g/mol. The van der Waals surface area contributed by atoms with Crippen LogP contribution < -0.4 is 5.69 Å². The third-order valence-electron chi connectivity index (χ3n) is 5.09. The maximum Gasteiger partial charge on any atom is 0.330 e. The highest BCUT2D eigenvalue weighted by molar-refractivity contribution is 5.79. The Morgan fingerprint density at radius 2 is 1.97 bits per heavy atom. The van der Waals surface area contributed by atoms with E-state index in [2.05, 4.69) is 16.7 Å². The van der Waals surface area contributed by atoms with Crippen molar-refractivity contribution >= 4 is 11.2 Å². The Labute approximate surface area is 171 Å². The van der Waals surface area contributed by atoms with Crippen molar-refractivity contribution in [2.75, 3.05) is 0 Å². The second-order valence-corrected chi connectivity index (χ2v) is 7.29. The van der Waals surface area contributed by atoms with E-state index in [-0.39, 0.29) is 11.3 Å². The van der Waals surface area contributed by atoms with Crippen molar-refractivity contribution in [1.82, 2.24) is 23.9 Å². The van der Waals surface area contributed by atoms with Gasteiger partial charge in [0, 0.05) is 49.6 Å². The highest BCUT2D eigenvalue weighted by Crippen LogP contribution is 2.34. The molecule has 0 N–H and O–H groups in total. The van der Waals surface area contributed by atoms with Crippen molar-refractivity contribution in [2.45, 2.75) is 18.9 Å². The summed E-state index contributed by atoms with van der Waals surface area (Å²) in [5.74, 6) is -3.00. The number of allylic oxidation sites excluding steroid dienone is 1. The summed E-state index contributed by atoms with van der Waals surface area (Å²) in [5.41, 5.74) is 3.01. The summed E-state index contributed by atoms with van der Waals surface area (Å²) in [6.07, 6.45) is 5.92. The summed E-state index contributed by atoms with van der Waals surface area (Å²) >= 11 is 0. The first-order chi connectivity index (χ1) is 14.3. The minimum atomic E-state index is -3.00. The van der Waals surface area contributed by atoms with Gasteiger partial charge in [-0.25, -0.2) is 18.6 Å². The van der Waals surface area contributed by atoms with Crippen molar-refractivity contribution in [3.63, 3.8) is 0 Å². The molecule has 3 heterocycles. The van der Waals surface area contributed by atoms with E-state index in [0.717, 1.165) is 5.56 Å². The fourth-order valence-electron chi connectivity index (χ4n) is 3.55. The second kappa shape index (κ2) is 7.37. The molecule has 0 radical (unpaired) electrons. The molecule has 4 aromatic rings. The van der Waals surface area contributed by atoms with Gasteiger partial charge in [-0.15, -0.1) is 6.58 Å². The van der Waals surface area contributed by atoms with Gasteiger partial charge in [0.05, 0.1) is 18.3 Å². The average Bonchev–Trinajstić information content (AvgIpc) is 3.24. The Bertz CT molecular complexity index is 1300. The first-order valence-corrected chi connectivity index (χ1v) is 9.42. The Kier molecular flexibility index (Phi) is 4.85. The van der Waals surface area contributed by atoms with Crippen LogP contribution in [-0.2, 0) is 26.6 Å². The molecule has 4 rings (SSSR count). The zero-order valence-corrected chi connectivity index (χ0v) is 16.7. The van der Waals surface area contributed by atoms with Crippen LogP contribution in [0.1, 0.15) is 17.5 Å². The summed E-state index contributed by atoms with van der Waals surface area (Å²) in [4.78, 5) is 17.2.